The van der Waals surface area contributed by atoms with E-state index < -0.39 is 12.1 Å². The third kappa shape index (κ3) is 6.44. The third-order valence-corrected chi connectivity index (χ3v) is 4.18. The molecule has 0 saturated carbocycles. The van der Waals surface area contributed by atoms with E-state index in [0.717, 1.165) is 4.47 Å². The summed E-state index contributed by atoms with van der Waals surface area (Å²) in [7, 11) is 0. The van der Waals surface area contributed by atoms with Crippen LogP contribution in [0.25, 0.3) is 0 Å². The van der Waals surface area contributed by atoms with Crippen molar-refractivity contribution in [2.24, 2.45) is 0 Å². The van der Waals surface area contributed by atoms with Gasteiger partial charge >= 0.3 is 5.97 Å². The highest BCUT2D eigenvalue weighted by Gasteiger charge is 2.19. The molecule has 0 bridgehead atoms. The van der Waals surface area contributed by atoms with Crippen molar-refractivity contribution in [1.29, 1.82) is 0 Å². The van der Waals surface area contributed by atoms with Gasteiger partial charge in [0.15, 0.2) is 6.10 Å². The largest absolute Gasteiger partial charge is 0.454 e. The van der Waals surface area contributed by atoms with E-state index in [1.807, 2.05) is 18.2 Å². The van der Waals surface area contributed by atoms with Crippen molar-refractivity contribution in [3.8, 4) is 0 Å². The maximum atomic E-state index is 12.1. The Hall–Kier alpha value is -2.47. The highest BCUT2D eigenvalue weighted by Crippen LogP contribution is 2.14. The van der Waals surface area contributed by atoms with Gasteiger partial charge in [0, 0.05) is 28.6 Å². The molecule has 1 unspecified atom stereocenters. The lowest BCUT2D eigenvalue weighted by molar-refractivity contribution is -0.146. The molecule has 0 heterocycles. The fraction of sp³-hybridized carbons (Fsp3) is 0.250. The topological polar surface area (TPSA) is 72.5 Å². The van der Waals surface area contributed by atoms with Crippen LogP contribution in [0, 0.1) is 0 Å². The monoisotopic (exact) mass is 417 g/mol. The molecule has 0 aliphatic heterocycles. The van der Waals surface area contributed by atoms with E-state index in [2.05, 4.69) is 21.2 Å². The molecule has 0 radical (unpaired) electrons. The van der Waals surface area contributed by atoms with Crippen molar-refractivity contribution in [2.75, 3.05) is 5.32 Å². The first kappa shape index (κ1) is 19.8. The van der Waals surface area contributed by atoms with E-state index in [0.29, 0.717) is 17.7 Å². The summed E-state index contributed by atoms with van der Waals surface area (Å²) in [5.41, 5.74) is 1.20. The van der Waals surface area contributed by atoms with Crippen molar-refractivity contribution < 1.29 is 19.1 Å². The predicted octanol–water partition coefficient (Wildman–Crippen LogP) is 4.37. The van der Waals surface area contributed by atoms with Crippen LogP contribution in [0.1, 0.15) is 36.5 Å². The number of nitrogens with one attached hydrogen (secondary N) is 1. The standard InChI is InChI=1S/C20H20BrNO4/c1-14(20(25)15-6-3-2-4-7-15)26-19(24)9-5-8-18(23)22-17-12-10-16(21)11-13-17/h2-4,6-7,10-14H,5,8-9H2,1H3,(H,22,23). The van der Waals surface area contributed by atoms with Crippen LogP contribution < -0.4 is 5.32 Å². The molecule has 6 heteroatoms. The van der Waals surface area contributed by atoms with E-state index in [1.165, 1.54) is 0 Å². The van der Waals surface area contributed by atoms with Gasteiger partial charge in [0.2, 0.25) is 11.7 Å². The summed E-state index contributed by atoms with van der Waals surface area (Å²) < 4.78 is 6.08. The van der Waals surface area contributed by atoms with Gasteiger partial charge in [-0.15, -0.1) is 0 Å². The summed E-state index contributed by atoms with van der Waals surface area (Å²) in [6.45, 7) is 1.55. The number of rotatable bonds is 8. The Morgan fingerprint density at radius 2 is 1.65 bits per heavy atom. The van der Waals surface area contributed by atoms with Gasteiger partial charge in [-0.3, -0.25) is 14.4 Å². The molecule has 0 spiro atoms. The van der Waals surface area contributed by atoms with Crippen molar-refractivity contribution in [3.63, 3.8) is 0 Å². The molecule has 2 rings (SSSR count). The molecule has 2 aromatic carbocycles. The molecule has 0 aromatic heterocycles. The van der Waals surface area contributed by atoms with Crippen LogP contribution in [-0.2, 0) is 14.3 Å². The van der Waals surface area contributed by atoms with Crippen LogP contribution in [-0.4, -0.2) is 23.8 Å². The number of hydrogen-bond donors (Lipinski definition) is 1. The summed E-state index contributed by atoms with van der Waals surface area (Å²) >= 11 is 3.33. The number of benzene rings is 2. The van der Waals surface area contributed by atoms with Gasteiger partial charge < -0.3 is 10.1 Å². The first-order valence-corrected chi connectivity index (χ1v) is 9.09. The van der Waals surface area contributed by atoms with Crippen LogP contribution in [0.4, 0.5) is 5.69 Å². The van der Waals surface area contributed by atoms with Crippen LogP contribution in [0.3, 0.4) is 0 Å². The third-order valence-electron chi connectivity index (χ3n) is 3.65. The summed E-state index contributed by atoms with van der Waals surface area (Å²) in [6.07, 6.45) is -0.207. The predicted molar refractivity (Wildman–Crippen MR) is 103 cm³/mol. The molecule has 0 aliphatic rings. The molecule has 136 valence electrons. The average molecular weight is 418 g/mol. The van der Waals surface area contributed by atoms with Crippen LogP contribution in [0.5, 0.6) is 0 Å². The lowest BCUT2D eigenvalue weighted by atomic mass is 10.1. The van der Waals surface area contributed by atoms with Crippen molar-refractivity contribution in [3.05, 3.63) is 64.6 Å². The smallest absolute Gasteiger partial charge is 0.306 e. The Morgan fingerprint density at radius 3 is 2.31 bits per heavy atom. The molecular weight excluding hydrogens is 398 g/mol. The van der Waals surface area contributed by atoms with Gasteiger partial charge in [0.1, 0.15) is 0 Å². The number of anilines is 1. The molecule has 1 atom stereocenters. The average Bonchev–Trinajstić information content (AvgIpc) is 2.63. The minimum absolute atomic E-state index is 0.0835. The van der Waals surface area contributed by atoms with Crippen LogP contribution in [0.15, 0.2) is 59.1 Å². The summed E-state index contributed by atoms with van der Waals surface area (Å²) in [5, 5.41) is 2.76. The van der Waals surface area contributed by atoms with Gasteiger partial charge in [-0.2, -0.15) is 0 Å². The van der Waals surface area contributed by atoms with Gasteiger partial charge in [0.25, 0.3) is 0 Å². The van der Waals surface area contributed by atoms with E-state index in [9.17, 15) is 14.4 Å². The van der Waals surface area contributed by atoms with Crippen molar-refractivity contribution >= 4 is 39.3 Å². The minimum Gasteiger partial charge on any atom is -0.454 e. The summed E-state index contributed by atoms with van der Waals surface area (Å²) in [5.74, 6) is -0.904. The molecule has 1 amide bonds. The molecule has 0 saturated heterocycles. The molecular formula is C20H20BrNO4. The first-order chi connectivity index (χ1) is 12.5. The highest BCUT2D eigenvalue weighted by atomic mass is 79.9. The van der Waals surface area contributed by atoms with Gasteiger partial charge in [-0.1, -0.05) is 46.3 Å². The van der Waals surface area contributed by atoms with Gasteiger partial charge in [-0.25, -0.2) is 0 Å². The van der Waals surface area contributed by atoms with E-state index >= 15 is 0 Å². The first-order valence-electron chi connectivity index (χ1n) is 8.30. The normalized spacial score (nSPS) is 11.5. The second-order valence-electron chi connectivity index (χ2n) is 5.77. The number of carbonyl (C=O) groups is 3. The van der Waals surface area contributed by atoms with Gasteiger partial charge in [0.05, 0.1) is 0 Å². The number of halogens is 1. The number of ketones is 1. The zero-order valence-electron chi connectivity index (χ0n) is 14.4. The highest BCUT2D eigenvalue weighted by molar-refractivity contribution is 9.10. The maximum Gasteiger partial charge on any atom is 0.306 e. The Bertz CT molecular complexity index is 759. The quantitative estimate of drug-likeness (QED) is 0.511. The zero-order valence-corrected chi connectivity index (χ0v) is 16.0. The molecule has 26 heavy (non-hydrogen) atoms. The number of carbonyl (C=O) groups excluding carboxylic acids is 3. The molecule has 2 aromatic rings. The number of amides is 1. The lowest BCUT2D eigenvalue weighted by Crippen LogP contribution is -2.24. The van der Waals surface area contributed by atoms with E-state index in [1.54, 1.807) is 43.3 Å². The fourth-order valence-corrected chi connectivity index (χ4v) is 2.56. The van der Waals surface area contributed by atoms with E-state index in [4.69, 9.17) is 4.74 Å². The Labute approximate surface area is 160 Å². The number of hydrogen-bond acceptors (Lipinski definition) is 4. The molecule has 0 aliphatic carbocycles. The number of ether oxygens (including phenoxy) is 1. The van der Waals surface area contributed by atoms with E-state index in [-0.39, 0.29) is 24.5 Å². The lowest BCUT2D eigenvalue weighted by Gasteiger charge is -2.12. The maximum absolute atomic E-state index is 12.1. The van der Waals surface area contributed by atoms with Gasteiger partial charge in [-0.05, 0) is 37.6 Å². The van der Waals surface area contributed by atoms with Crippen molar-refractivity contribution in [2.45, 2.75) is 32.3 Å². The summed E-state index contributed by atoms with van der Waals surface area (Å²) in [4.78, 5) is 35.9. The van der Waals surface area contributed by atoms with Crippen LogP contribution >= 0.6 is 15.9 Å². The zero-order chi connectivity index (χ0) is 18.9. The van der Waals surface area contributed by atoms with Crippen LogP contribution in [0.2, 0.25) is 0 Å². The second kappa shape index (κ2) is 9.87. The molecule has 0 fully saturated rings. The Morgan fingerprint density at radius 1 is 1.00 bits per heavy atom. The fourth-order valence-electron chi connectivity index (χ4n) is 2.30. The SMILES string of the molecule is CC(OC(=O)CCCC(=O)Nc1ccc(Br)cc1)C(=O)c1ccccc1. The molecule has 5 nitrogen and oxygen atoms in total. The Balaban J connectivity index is 1.70. The van der Waals surface area contributed by atoms with Crippen molar-refractivity contribution in [1.82, 2.24) is 0 Å². The Kier molecular flexibility index (Phi) is 7.53. The minimum atomic E-state index is -0.846. The number of esters is 1. The summed E-state index contributed by atoms with van der Waals surface area (Å²) in [6, 6.07) is 15.9. The molecule has 1 N–H and O–H groups in total. The second-order valence-corrected chi connectivity index (χ2v) is 6.69. The number of Topliss-reactive ketones (excluding diaryl/α,β-unsaturated/α-hetero) is 1.